The van der Waals surface area contributed by atoms with Crippen LogP contribution in [0.4, 0.5) is 4.79 Å². The van der Waals surface area contributed by atoms with E-state index >= 15 is 0 Å². The molecule has 2 amide bonds. The maximum atomic E-state index is 12.8. The molecule has 4 rings (SSSR count). The summed E-state index contributed by atoms with van der Waals surface area (Å²) >= 11 is 0. The average Bonchev–Trinajstić information content (AvgIpc) is 3.57. The van der Waals surface area contributed by atoms with Gasteiger partial charge in [0.1, 0.15) is 12.6 Å². The maximum Gasteiger partial charge on any atom is 0.407 e. The number of carboxylic acid groups (broad SMARTS) is 1. The second-order valence-electron chi connectivity index (χ2n) is 9.64. The molecule has 0 aliphatic heterocycles. The van der Waals surface area contributed by atoms with Crippen LogP contribution in [0.15, 0.2) is 48.5 Å². The zero-order valence-corrected chi connectivity index (χ0v) is 19.6. The van der Waals surface area contributed by atoms with Gasteiger partial charge in [-0.1, -0.05) is 75.2 Å². The van der Waals surface area contributed by atoms with E-state index in [4.69, 9.17) is 4.74 Å². The van der Waals surface area contributed by atoms with Gasteiger partial charge in [0.05, 0.1) is 5.92 Å². The monoisotopic (exact) mass is 464 g/mol. The van der Waals surface area contributed by atoms with Crippen molar-refractivity contribution in [2.45, 2.75) is 45.1 Å². The second-order valence-corrected chi connectivity index (χ2v) is 9.64. The van der Waals surface area contributed by atoms with E-state index in [-0.39, 0.29) is 30.9 Å². The number of alkyl carbamates (subject to hydrolysis) is 1. The molecule has 0 aromatic heterocycles. The lowest BCUT2D eigenvalue weighted by molar-refractivity contribution is -0.143. The molecule has 1 unspecified atom stereocenters. The third-order valence-electron chi connectivity index (χ3n) is 6.83. The zero-order valence-electron chi connectivity index (χ0n) is 19.6. The minimum atomic E-state index is -1.02. The first-order valence-electron chi connectivity index (χ1n) is 12.0. The molecule has 0 heterocycles. The molecule has 34 heavy (non-hydrogen) atoms. The fourth-order valence-corrected chi connectivity index (χ4v) is 4.66. The number of fused-ring (bicyclic) bond motifs is 3. The lowest BCUT2D eigenvalue weighted by atomic mass is 9.94. The van der Waals surface area contributed by atoms with Gasteiger partial charge < -0.3 is 20.5 Å². The summed E-state index contributed by atoms with van der Waals surface area (Å²) in [5, 5.41) is 14.8. The highest BCUT2D eigenvalue weighted by Gasteiger charge is 2.33. The highest BCUT2D eigenvalue weighted by molar-refractivity contribution is 5.85. The van der Waals surface area contributed by atoms with Gasteiger partial charge in [-0.2, -0.15) is 0 Å². The van der Waals surface area contributed by atoms with E-state index in [9.17, 15) is 19.5 Å². The number of rotatable bonds is 10. The smallest absolute Gasteiger partial charge is 0.407 e. The highest BCUT2D eigenvalue weighted by atomic mass is 16.5. The molecule has 1 saturated carbocycles. The number of hydrogen-bond acceptors (Lipinski definition) is 4. The lowest BCUT2D eigenvalue weighted by Crippen LogP contribution is -2.48. The van der Waals surface area contributed by atoms with Crippen molar-refractivity contribution >= 4 is 18.0 Å². The molecular weight excluding hydrogens is 432 g/mol. The standard InChI is InChI=1S/C27H32N2O5/c1-16(2)22(25(30)29-24(26(31)32)13-17-11-12-17)14-28-27(33)34-15-23-20-9-5-3-7-18(20)19-8-4-6-10-21(19)23/h3-10,16-17,22-24H,11-15H2,1-2H3,(H,28,33)(H,29,30)(H,31,32)/t22?,24-/m0/s1. The van der Waals surface area contributed by atoms with Crippen LogP contribution >= 0.6 is 0 Å². The van der Waals surface area contributed by atoms with Gasteiger partial charge in [-0.15, -0.1) is 0 Å². The van der Waals surface area contributed by atoms with Gasteiger partial charge in [-0.05, 0) is 40.5 Å². The fourth-order valence-electron chi connectivity index (χ4n) is 4.66. The molecule has 3 N–H and O–H groups in total. The van der Waals surface area contributed by atoms with Crippen LogP contribution in [-0.4, -0.2) is 42.3 Å². The molecule has 0 bridgehead atoms. The summed E-state index contributed by atoms with van der Waals surface area (Å²) in [6.07, 6.45) is 1.88. The molecule has 2 atom stereocenters. The Labute approximate surface area is 199 Å². The number of carbonyl (C=O) groups excluding carboxylic acids is 2. The summed E-state index contributed by atoms with van der Waals surface area (Å²) in [4.78, 5) is 36.8. The first-order chi connectivity index (χ1) is 16.3. The molecule has 2 aromatic rings. The summed E-state index contributed by atoms with van der Waals surface area (Å²) in [7, 11) is 0. The van der Waals surface area contributed by atoms with Crippen LogP contribution in [0, 0.1) is 17.8 Å². The van der Waals surface area contributed by atoms with Crippen molar-refractivity contribution in [1.82, 2.24) is 10.6 Å². The number of hydrogen-bond donors (Lipinski definition) is 3. The Kier molecular flexibility index (Phi) is 7.20. The zero-order chi connectivity index (χ0) is 24.2. The quantitative estimate of drug-likeness (QED) is 0.490. The van der Waals surface area contributed by atoms with E-state index in [1.165, 1.54) is 0 Å². The van der Waals surface area contributed by atoms with Gasteiger partial charge in [-0.25, -0.2) is 9.59 Å². The van der Waals surface area contributed by atoms with Crippen molar-refractivity contribution < 1.29 is 24.2 Å². The molecule has 0 spiro atoms. The van der Waals surface area contributed by atoms with Crippen LogP contribution < -0.4 is 10.6 Å². The Hall–Kier alpha value is -3.35. The number of carbonyl (C=O) groups is 3. The SMILES string of the molecule is CC(C)C(CNC(=O)OCC1c2ccccc2-c2ccccc21)C(=O)N[C@@H](CC1CC1)C(=O)O. The molecule has 2 aliphatic carbocycles. The molecular formula is C27H32N2O5. The first kappa shape index (κ1) is 23.8. The van der Waals surface area contributed by atoms with Gasteiger partial charge in [0.15, 0.2) is 0 Å². The Morgan fingerprint density at radius 3 is 2.12 bits per heavy atom. The predicted molar refractivity (Wildman–Crippen MR) is 128 cm³/mol. The van der Waals surface area contributed by atoms with Crippen molar-refractivity contribution in [2.24, 2.45) is 17.8 Å². The van der Waals surface area contributed by atoms with Crippen LogP contribution in [-0.2, 0) is 14.3 Å². The summed E-state index contributed by atoms with van der Waals surface area (Å²) in [6.45, 7) is 4.03. The van der Waals surface area contributed by atoms with Crippen LogP contribution in [0.1, 0.15) is 50.2 Å². The minimum Gasteiger partial charge on any atom is -0.480 e. The van der Waals surface area contributed by atoms with Crippen LogP contribution in [0.25, 0.3) is 11.1 Å². The molecule has 7 nitrogen and oxygen atoms in total. The largest absolute Gasteiger partial charge is 0.480 e. The molecule has 7 heteroatoms. The number of carboxylic acids is 1. The Morgan fingerprint density at radius 2 is 1.59 bits per heavy atom. The topological polar surface area (TPSA) is 105 Å². The average molecular weight is 465 g/mol. The molecule has 180 valence electrons. The van der Waals surface area contributed by atoms with Crippen LogP contribution in [0.3, 0.4) is 0 Å². The van der Waals surface area contributed by atoms with Gasteiger partial charge >= 0.3 is 12.1 Å². The Bertz CT molecular complexity index is 1020. The highest BCUT2D eigenvalue weighted by Crippen LogP contribution is 2.44. The van der Waals surface area contributed by atoms with Gasteiger partial charge in [0.25, 0.3) is 0 Å². The number of benzene rings is 2. The third-order valence-corrected chi connectivity index (χ3v) is 6.83. The molecule has 1 fully saturated rings. The van der Waals surface area contributed by atoms with Gasteiger partial charge in [0.2, 0.25) is 5.91 Å². The second kappa shape index (κ2) is 10.3. The summed E-state index contributed by atoms with van der Waals surface area (Å²) < 4.78 is 5.55. The van der Waals surface area contributed by atoms with E-state index in [1.54, 1.807) is 0 Å². The van der Waals surface area contributed by atoms with E-state index in [1.807, 2.05) is 38.1 Å². The van der Waals surface area contributed by atoms with Crippen molar-refractivity contribution in [1.29, 1.82) is 0 Å². The fraction of sp³-hybridized carbons (Fsp3) is 0.444. The Balaban J connectivity index is 1.32. The van der Waals surface area contributed by atoms with E-state index in [0.717, 1.165) is 35.1 Å². The summed E-state index contributed by atoms with van der Waals surface area (Å²) in [5.74, 6) is -1.68. The number of aliphatic carboxylic acids is 1. The van der Waals surface area contributed by atoms with Crippen molar-refractivity contribution in [3.8, 4) is 11.1 Å². The molecule has 0 radical (unpaired) electrons. The van der Waals surface area contributed by atoms with Crippen molar-refractivity contribution in [2.75, 3.05) is 13.2 Å². The maximum absolute atomic E-state index is 12.8. The normalized spacial score (nSPS) is 16.3. The van der Waals surface area contributed by atoms with Crippen molar-refractivity contribution in [3.63, 3.8) is 0 Å². The molecule has 2 aromatic carbocycles. The summed E-state index contributed by atoms with van der Waals surface area (Å²) in [6, 6.07) is 15.3. The van der Waals surface area contributed by atoms with E-state index in [2.05, 4.69) is 34.9 Å². The predicted octanol–water partition coefficient (Wildman–Crippen LogP) is 4.17. The number of amides is 2. The number of ether oxygens (including phenoxy) is 1. The minimum absolute atomic E-state index is 0.0407. The van der Waals surface area contributed by atoms with E-state index < -0.39 is 24.0 Å². The summed E-state index contributed by atoms with van der Waals surface area (Å²) in [5.41, 5.74) is 4.57. The molecule has 2 aliphatic rings. The van der Waals surface area contributed by atoms with Gasteiger partial charge in [-0.3, -0.25) is 4.79 Å². The third kappa shape index (κ3) is 5.41. The van der Waals surface area contributed by atoms with Crippen LogP contribution in [0.5, 0.6) is 0 Å². The first-order valence-corrected chi connectivity index (χ1v) is 12.0. The van der Waals surface area contributed by atoms with Crippen molar-refractivity contribution in [3.05, 3.63) is 59.7 Å². The lowest BCUT2D eigenvalue weighted by Gasteiger charge is -2.23. The Morgan fingerprint density at radius 1 is 1.00 bits per heavy atom. The van der Waals surface area contributed by atoms with Crippen LogP contribution in [0.2, 0.25) is 0 Å². The van der Waals surface area contributed by atoms with Gasteiger partial charge in [0, 0.05) is 12.5 Å². The molecule has 0 saturated heterocycles. The van der Waals surface area contributed by atoms with E-state index in [0.29, 0.717) is 12.3 Å². The number of nitrogens with one attached hydrogen (secondary N) is 2.